The van der Waals surface area contributed by atoms with E-state index >= 15 is 0 Å². The molecule has 1 saturated heterocycles. The second kappa shape index (κ2) is 2.86. The Morgan fingerprint density at radius 1 is 1.64 bits per heavy atom. The molecule has 0 aliphatic carbocycles. The summed E-state index contributed by atoms with van der Waals surface area (Å²) >= 11 is 0. The van der Waals surface area contributed by atoms with Gasteiger partial charge in [-0.3, -0.25) is 0 Å². The second-order valence-corrected chi connectivity index (χ2v) is 3.49. The molecule has 0 aromatic rings. The van der Waals surface area contributed by atoms with Gasteiger partial charge in [0.25, 0.3) is 0 Å². The Bertz CT molecular complexity index is 176. The van der Waals surface area contributed by atoms with Crippen LogP contribution in [0.25, 0.3) is 0 Å². The summed E-state index contributed by atoms with van der Waals surface area (Å²) in [5, 5.41) is 0. The normalized spacial score (nSPS) is 32.1. The summed E-state index contributed by atoms with van der Waals surface area (Å²) in [5.41, 5.74) is 0. The molecule has 2 aliphatic heterocycles. The van der Waals surface area contributed by atoms with Gasteiger partial charge in [0.15, 0.2) is 0 Å². The first kappa shape index (κ1) is 7.17. The van der Waals surface area contributed by atoms with Gasteiger partial charge >= 0.3 is 0 Å². The molecule has 0 radical (unpaired) electrons. The highest BCUT2D eigenvalue weighted by atomic mass is 16.5. The highest BCUT2D eigenvalue weighted by molar-refractivity contribution is 5.05. The Morgan fingerprint density at radius 2 is 2.55 bits per heavy atom. The molecule has 62 valence electrons. The summed E-state index contributed by atoms with van der Waals surface area (Å²) in [4.78, 5) is 2.37. The van der Waals surface area contributed by atoms with Gasteiger partial charge in [0.05, 0.1) is 12.4 Å². The van der Waals surface area contributed by atoms with Gasteiger partial charge in [0.2, 0.25) is 0 Å². The minimum atomic E-state index is 0.697. The number of likely N-dealkylation sites (tertiary alicyclic amines) is 1. The Hall–Kier alpha value is -0.500. The zero-order chi connectivity index (χ0) is 7.68. The van der Waals surface area contributed by atoms with E-state index in [4.69, 9.17) is 4.74 Å². The molecule has 0 N–H and O–H groups in total. The summed E-state index contributed by atoms with van der Waals surface area (Å²) in [6.45, 7) is 3.33. The van der Waals surface area contributed by atoms with E-state index < -0.39 is 0 Å². The van der Waals surface area contributed by atoms with Crippen molar-refractivity contribution < 1.29 is 4.74 Å². The largest absolute Gasteiger partial charge is 0.498 e. The van der Waals surface area contributed by atoms with Crippen molar-refractivity contribution in [3.63, 3.8) is 0 Å². The van der Waals surface area contributed by atoms with E-state index in [1.54, 1.807) is 0 Å². The van der Waals surface area contributed by atoms with Crippen LogP contribution < -0.4 is 0 Å². The van der Waals surface area contributed by atoms with E-state index in [0.29, 0.717) is 5.92 Å². The van der Waals surface area contributed by atoms with Crippen molar-refractivity contribution >= 4 is 0 Å². The molecular formula is C9H15NO. The van der Waals surface area contributed by atoms with Crippen LogP contribution in [0.2, 0.25) is 0 Å². The molecule has 1 atom stereocenters. The van der Waals surface area contributed by atoms with Gasteiger partial charge in [-0.2, -0.15) is 0 Å². The van der Waals surface area contributed by atoms with Crippen LogP contribution >= 0.6 is 0 Å². The fraction of sp³-hybridized carbons (Fsp3) is 0.778. The van der Waals surface area contributed by atoms with Gasteiger partial charge in [0.1, 0.15) is 0 Å². The molecule has 2 heterocycles. The molecule has 2 aliphatic rings. The topological polar surface area (TPSA) is 12.5 Å². The third kappa shape index (κ3) is 1.41. The van der Waals surface area contributed by atoms with E-state index in [0.717, 1.165) is 13.0 Å². The lowest BCUT2D eigenvalue weighted by molar-refractivity contribution is 0.207. The van der Waals surface area contributed by atoms with Crippen LogP contribution in [0, 0.1) is 5.92 Å². The second-order valence-electron chi connectivity index (χ2n) is 3.49. The van der Waals surface area contributed by atoms with E-state index in [2.05, 4.69) is 18.0 Å². The molecular weight excluding hydrogens is 138 g/mol. The zero-order valence-corrected chi connectivity index (χ0v) is 7.05. The fourth-order valence-corrected chi connectivity index (χ4v) is 1.89. The average molecular weight is 153 g/mol. The van der Waals surface area contributed by atoms with Crippen molar-refractivity contribution in [2.24, 2.45) is 5.92 Å². The van der Waals surface area contributed by atoms with Crippen molar-refractivity contribution in [1.29, 1.82) is 0 Å². The number of nitrogens with zero attached hydrogens (tertiary/aromatic N) is 1. The van der Waals surface area contributed by atoms with Crippen LogP contribution in [0.15, 0.2) is 11.8 Å². The molecule has 0 aromatic heterocycles. The summed E-state index contributed by atoms with van der Waals surface area (Å²) in [6.07, 6.45) is 4.65. The minimum absolute atomic E-state index is 0.697. The first-order chi connectivity index (χ1) is 5.36. The lowest BCUT2D eigenvalue weighted by Crippen LogP contribution is -2.15. The Labute approximate surface area is 67.8 Å². The van der Waals surface area contributed by atoms with E-state index in [-0.39, 0.29) is 0 Å². The van der Waals surface area contributed by atoms with Crippen LogP contribution in [-0.2, 0) is 4.74 Å². The first-order valence-electron chi connectivity index (χ1n) is 4.37. The zero-order valence-electron chi connectivity index (χ0n) is 7.05. The van der Waals surface area contributed by atoms with Crippen molar-refractivity contribution in [2.75, 3.05) is 26.7 Å². The van der Waals surface area contributed by atoms with Crippen molar-refractivity contribution in [3.05, 3.63) is 11.8 Å². The van der Waals surface area contributed by atoms with Gasteiger partial charge in [-0.05, 0) is 26.1 Å². The van der Waals surface area contributed by atoms with E-state index in [9.17, 15) is 0 Å². The summed E-state index contributed by atoms with van der Waals surface area (Å²) in [6, 6.07) is 0. The fourth-order valence-electron chi connectivity index (χ4n) is 1.89. The number of rotatable bonds is 1. The van der Waals surface area contributed by atoms with Gasteiger partial charge < -0.3 is 9.64 Å². The average Bonchev–Trinajstić information content (AvgIpc) is 2.55. The third-order valence-corrected chi connectivity index (χ3v) is 2.53. The maximum absolute atomic E-state index is 5.52. The number of hydrogen-bond acceptors (Lipinski definition) is 2. The molecule has 11 heavy (non-hydrogen) atoms. The number of ether oxygens (including phenoxy) is 1. The van der Waals surface area contributed by atoms with Crippen molar-refractivity contribution in [3.8, 4) is 0 Å². The first-order valence-corrected chi connectivity index (χ1v) is 4.37. The van der Waals surface area contributed by atoms with Gasteiger partial charge in [-0.15, -0.1) is 0 Å². The Kier molecular flexibility index (Phi) is 1.86. The van der Waals surface area contributed by atoms with Gasteiger partial charge in [-0.25, -0.2) is 0 Å². The molecule has 1 unspecified atom stereocenters. The predicted octanol–water partition coefficient (Wildman–Crippen LogP) is 1.24. The van der Waals surface area contributed by atoms with E-state index in [1.807, 2.05) is 0 Å². The van der Waals surface area contributed by atoms with Gasteiger partial charge in [-0.1, -0.05) is 0 Å². The lowest BCUT2D eigenvalue weighted by atomic mass is 10.1. The summed E-state index contributed by atoms with van der Waals surface area (Å²) in [5.74, 6) is 1.96. The maximum atomic E-state index is 5.52. The molecule has 0 saturated carbocycles. The molecule has 0 amide bonds. The molecule has 0 spiro atoms. The monoisotopic (exact) mass is 153 g/mol. The minimum Gasteiger partial charge on any atom is -0.498 e. The van der Waals surface area contributed by atoms with Crippen molar-refractivity contribution in [2.45, 2.75) is 12.8 Å². The van der Waals surface area contributed by atoms with E-state index in [1.165, 1.54) is 25.3 Å². The Balaban J connectivity index is 1.95. The third-order valence-electron chi connectivity index (χ3n) is 2.53. The van der Waals surface area contributed by atoms with Gasteiger partial charge in [0, 0.05) is 18.9 Å². The highest BCUT2D eigenvalue weighted by Crippen LogP contribution is 2.26. The summed E-state index contributed by atoms with van der Waals surface area (Å²) < 4.78 is 5.52. The standard InChI is InChI=1S/C9H15NO/c1-10-5-4-8(7-10)9-3-2-6-11-9/h3,8H,2,4-7H2,1H3. The predicted molar refractivity (Wildman–Crippen MR) is 44.3 cm³/mol. The molecule has 2 heteroatoms. The smallest absolute Gasteiger partial charge is 0.0965 e. The Morgan fingerprint density at radius 3 is 3.09 bits per heavy atom. The molecule has 0 aromatic carbocycles. The summed E-state index contributed by atoms with van der Waals surface area (Å²) in [7, 11) is 2.18. The van der Waals surface area contributed by atoms with Crippen LogP contribution in [0.1, 0.15) is 12.8 Å². The highest BCUT2D eigenvalue weighted by Gasteiger charge is 2.25. The molecule has 2 nitrogen and oxygen atoms in total. The number of hydrogen-bond donors (Lipinski definition) is 0. The lowest BCUT2D eigenvalue weighted by Gasteiger charge is -2.11. The van der Waals surface area contributed by atoms with Crippen LogP contribution in [0.5, 0.6) is 0 Å². The molecule has 2 rings (SSSR count). The maximum Gasteiger partial charge on any atom is 0.0965 e. The molecule has 1 fully saturated rings. The SMILES string of the molecule is CN1CCC(C2=CCCO2)C1. The van der Waals surface area contributed by atoms with Crippen LogP contribution in [-0.4, -0.2) is 31.6 Å². The van der Waals surface area contributed by atoms with Crippen LogP contribution in [0.3, 0.4) is 0 Å². The van der Waals surface area contributed by atoms with Crippen molar-refractivity contribution in [1.82, 2.24) is 4.90 Å². The van der Waals surface area contributed by atoms with Crippen LogP contribution in [0.4, 0.5) is 0 Å². The quantitative estimate of drug-likeness (QED) is 0.562. The molecule has 0 bridgehead atoms.